The molecule has 84 valence electrons. The van der Waals surface area contributed by atoms with E-state index in [0.29, 0.717) is 6.42 Å². The average Bonchev–Trinajstić information content (AvgIpc) is 2.28. The SMILES string of the molecule is C=C.CCC=CC/C=C(\CC#N)NCC. The summed E-state index contributed by atoms with van der Waals surface area (Å²) in [6.07, 6.45) is 8.79. The summed E-state index contributed by atoms with van der Waals surface area (Å²) in [5.41, 5.74) is 1.03. The van der Waals surface area contributed by atoms with E-state index in [9.17, 15) is 0 Å². The van der Waals surface area contributed by atoms with Crippen LogP contribution < -0.4 is 5.32 Å². The number of nitriles is 1. The van der Waals surface area contributed by atoms with Crippen LogP contribution in [0.5, 0.6) is 0 Å². The minimum absolute atomic E-state index is 0.480. The maximum atomic E-state index is 8.52. The lowest BCUT2D eigenvalue weighted by atomic mass is 10.2. The number of hydrogen-bond acceptors (Lipinski definition) is 2. The van der Waals surface area contributed by atoms with E-state index in [0.717, 1.165) is 25.1 Å². The van der Waals surface area contributed by atoms with Gasteiger partial charge in [-0.05, 0) is 19.8 Å². The first-order valence-electron chi connectivity index (χ1n) is 5.30. The highest BCUT2D eigenvalue weighted by Gasteiger charge is 1.91. The molecule has 0 amide bonds. The molecule has 0 saturated carbocycles. The molecule has 0 fully saturated rings. The summed E-state index contributed by atoms with van der Waals surface area (Å²) in [4.78, 5) is 0. The van der Waals surface area contributed by atoms with Gasteiger partial charge in [0.2, 0.25) is 0 Å². The van der Waals surface area contributed by atoms with Crippen molar-refractivity contribution in [1.29, 1.82) is 5.26 Å². The Hall–Kier alpha value is -1.49. The Kier molecular flexibility index (Phi) is 16.0. The monoisotopic (exact) mass is 206 g/mol. The predicted molar refractivity (Wildman–Crippen MR) is 67.3 cm³/mol. The third-order valence-corrected chi connectivity index (χ3v) is 1.58. The van der Waals surface area contributed by atoms with E-state index in [4.69, 9.17) is 5.26 Å². The van der Waals surface area contributed by atoms with Gasteiger partial charge in [0.25, 0.3) is 0 Å². The van der Waals surface area contributed by atoms with Gasteiger partial charge in [0, 0.05) is 12.2 Å². The molecule has 0 bridgehead atoms. The number of allylic oxidation sites excluding steroid dienone is 4. The lowest BCUT2D eigenvalue weighted by Gasteiger charge is -2.03. The maximum absolute atomic E-state index is 8.52. The third kappa shape index (κ3) is 12.5. The number of nitrogens with zero attached hydrogens (tertiary/aromatic N) is 1. The van der Waals surface area contributed by atoms with Crippen molar-refractivity contribution >= 4 is 0 Å². The van der Waals surface area contributed by atoms with Crippen LogP contribution in [-0.4, -0.2) is 6.54 Å². The second kappa shape index (κ2) is 15.0. The fourth-order valence-corrected chi connectivity index (χ4v) is 0.992. The van der Waals surface area contributed by atoms with Gasteiger partial charge in [-0.2, -0.15) is 5.26 Å². The molecule has 0 radical (unpaired) electrons. The highest BCUT2D eigenvalue weighted by molar-refractivity contribution is 5.07. The molecule has 0 aromatic rings. The van der Waals surface area contributed by atoms with Crippen LogP contribution in [0.1, 0.15) is 33.1 Å². The quantitative estimate of drug-likeness (QED) is 0.675. The van der Waals surface area contributed by atoms with Gasteiger partial charge in [-0.3, -0.25) is 0 Å². The minimum atomic E-state index is 0.480. The second-order valence-electron chi connectivity index (χ2n) is 2.71. The third-order valence-electron chi connectivity index (χ3n) is 1.58. The number of nitrogens with one attached hydrogen (secondary N) is 1. The van der Waals surface area contributed by atoms with Gasteiger partial charge in [-0.25, -0.2) is 0 Å². The highest BCUT2D eigenvalue weighted by Crippen LogP contribution is 1.98. The molecule has 0 aromatic carbocycles. The summed E-state index contributed by atoms with van der Waals surface area (Å²) < 4.78 is 0. The van der Waals surface area contributed by atoms with Crippen molar-refractivity contribution in [3.05, 3.63) is 37.1 Å². The van der Waals surface area contributed by atoms with Crippen molar-refractivity contribution in [2.45, 2.75) is 33.1 Å². The first-order valence-corrected chi connectivity index (χ1v) is 5.30. The fourth-order valence-electron chi connectivity index (χ4n) is 0.992. The topological polar surface area (TPSA) is 35.8 Å². The van der Waals surface area contributed by atoms with Crippen molar-refractivity contribution < 1.29 is 0 Å². The molecule has 15 heavy (non-hydrogen) atoms. The summed E-state index contributed by atoms with van der Waals surface area (Å²) in [6.45, 7) is 11.0. The van der Waals surface area contributed by atoms with Crippen LogP contribution in [0.2, 0.25) is 0 Å². The summed E-state index contributed by atoms with van der Waals surface area (Å²) >= 11 is 0. The Morgan fingerprint density at radius 1 is 1.33 bits per heavy atom. The summed E-state index contributed by atoms with van der Waals surface area (Å²) in [6, 6.07) is 2.14. The highest BCUT2D eigenvalue weighted by atomic mass is 14.9. The Morgan fingerprint density at radius 3 is 2.47 bits per heavy atom. The summed E-state index contributed by atoms with van der Waals surface area (Å²) in [5.74, 6) is 0. The maximum Gasteiger partial charge on any atom is 0.0746 e. The molecule has 0 aromatic heterocycles. The Bertz CT molecular complexity index is 221. The van der Waals surface area contributed by atoms with Crippen LogP contribution in [0.3, 0.4) is 0 Å². The first kappa shape index (κ1) is 16.0. The Balaban J connectivity index is 0. The van der Waals surface area contributed by atoms with Crippen LogP contribution in [0.25, 0.3) is 0 Å². The largest absolute Gasteiger partial charge is 0.388 e. The molecule has 2 nitrogen and oxygen atoms in total. The fraction of sp³-hybridized carbons (Fsp3) is 0.462. The molecule has 0 heterocycles. The van der Waals surface area contributed by atoms with Crippen molar-refractivity contribution in [1.82, 2.24) is 5.32 Å². The van der Waals surface area contributed by atoms with Gasteiger partial charge in [-0.15, -0.1) is 13.2 Å². The average molecular weight is 206 g/mol. The number of hydrogen-bond donors (Lipinski definition) is 1. The van der Waals surface area contributed by atoms with Gasteiger partial charge in [-0.1, -0.05) is 25.2 Å². The van der Waals surface area contributed by atoms with E-state index in [1.54, 1.807) is 0 Å². The lowest BCUT2D eigenvalue weighted by Crippen LogP contribution is -2.11. The van der Waals surface area contributed by atoms with E-state index in [2.05, 4.69) is 49.7 Å². The molecule has 2 heteroatoms. The van der Waals surface area contributed by atoms with Crippen LogP contribution in [0.15, 0.2) is 37.1 Å². The van der Waals surface area contributed by atoms with E-state index in [1.807, 2.05) is 6.92 Å². The first-order chi connectivity index (χ1) is 7.35. The molecular weight excluding hydrogens is 184 g/mol. The second-order valence-corrected chi connectivity index (χ2v) is 2.71. The molecule has 0 rings (SSSR count). The van der Waals surface area contributed by atoms with Crippen molar-refractivity contribution in [2.24, 2.45) is 0 Å². The Morgan fingerprint density at radius 2 is 2.00 bits per heavy atom. The van der Waals surface area contributed by atoms with E-state index < -0.39 is 0 Å². The van der Waals surface area contributed by atoms with Gasteiger partial charge in [0.05, 0.1) is 12.5 Å². The van der Waals surface area contributed by atoms with Gasteiger partial charge in [0.1, 0.15) is 0 Å². The van der Waals surface area contributed by atoms with E-state index >= 15 is 0 Å². The molecule has 0 unspecified atom stereocenters. The zero-order valence-corrected chi connectivity index (χ0v) is 9.92. The zero-order valence-electron chi connectivity index (χ0n) is 9.92. The predicted octanol–water partition coefficient (Wildman–Crippen LogP) is 3.55. The van der Waals surface area contributed by atoms with E-state index in [1.165, 1.54) is 0 Å². The Labute approximate surface area is 94.0 Å². The summed E-state index contributed by atoms with van der Waals surface area (Å²) in [5, 5.41) is 11.7. The smallest absolute Gasteiger partial charge is 0.0746 e. The molecule has 0 saturated heterocycles. The normalized spacial score (nSPS) is 10.3. The molecule has 1 N–H and O–H groups in total. The van der Waals surface area contributed by atoms with Gasteiger partial charge in [0.15, 0.2) is 0 Å². The summed E-state index contributed by atoms with van der Waals surface area (Å²) in [7, 11) is 0. The zero-order chi connectivity index (χ0) is 11.9. The van der Waals surface area contributed by atoms with Gasteiger partial charge < -0.3 is 5.32 Å². The van der Waals surface area contributed by atoms with Crippen molar-refractivity contribution in [3.63, 3.8) is 0 Å². The molecule has 0 atom stereocenters. The van der Waals surface area contributed by atoms with Crippen LogP contribution in [-0.2, 0) is 0 Å². The van der Waals surface area contributed by atoms with Crippen molar-refractivity contribution in [3.8, 4) is 6.07 Å². The van der Waals surface area contributed by atoms with Crippen LogP contribution >= 0.6 is 0 Å². The molecule has 0 spiro atoms. The van der Waals surface area contributed by atoms with Crippen LogP contribution in [0.4, 0.5) is 0 Å². The molecular formula is C13H22N2. The minimum Gasteiger partial charge on any atom is -0.388 e. The lowest BCUT2D eigenvalue weighted by molar-refractivity contribution is 0.824. The van der Waals surface area contributed by atoms with Gasteiger partial charge >= 0.3 is 0 Å². The van der Waals surface area contributed by atoms with E-state index in [-0.39, 0.29) is 0 Å². The number of rotatable bonds is 6. The molecule has 0 aliphatic heterocycles. The molecule has 0 aliphatic rings. The van der Waals surface area contributed by atoms with Crippen LogP contribution in [0, 0.1) is 11.3 Å². The standard InChI is InChI=1S/C11H18N2.C2H4/c1-3-5-6-7-8-11(9-10-12)13-4-2;1-2/h5-6,8,13H,3-4,7,9H2,1-2H3;1-2H2/b6-5?,11-8+;. The molecule has 0 aliphatic carbocycles. The van der Waals surface area contributed by atoms with Crippen molar-refractivity contribution in [2.75, 3.05) is 6.54 Å².